The van der Waals surface area contributed by atoms with Gasteiger partial charge in [0.05, 0.1) is 6.54 Å². The standard InChI is InChI=1S/C18H31N5O2/c1-14-5-3-4-9-22(14)10-6-16-7-11-23(12-8-16)18(24)19-13-17-20-15(2)25-21-17/h14,16H,3-13H2,1-2H3,(H,19,24)/t14-/m1/s1. The van der Waals surface area contributed by atoms with E-state index in [4.69, 9.17) is 4.52 Å². The van der Waals surface area contributed by atoms with E-state index in [2.05, 4.69) is 27.3 Å². The average Bonchev–Trinajstić information content (AvgIpc) is 3.05. The van der Waals surface area contributed by atoms with Gasteiger partial charge in [0.2, 0.25) is 5.89 Å². The van der Waals surface area contributed by atoms with Gasteiger partial charge in [-0.05, 0) is 58.0 Å². The van der Waals surface area contributed by atoms with E-state index in [9.17, 15) is 4.79 Å². The maximum Gasteiger partial charge on any atom is 0.317 e. The summed E-state index contributed by atoms with van der Waals surface area (Å²) in [6, 6.07) is 0.721. The molecule has 0 radical (unpaired) electrons. The maximum atomic E-state index is 12.3. The fraction of sp³-hybridized carbons (Fsp3) is 0.833. The highest BCUT2D eigenvalue weighted by molar-refractivity contribution is 5.74. The summed E-state index contributed by atoms with van der Waals surface area (Å²) < 4.78 is 4.91. The number of nitrogens with zero attached hydrogens (tertiary/aromatic N) is 4. The molecule has 2 amide bonds. The zero-order valence-electron chi connectivity index (χ0n) is 15.5. The van der Waals surface area contributed by atoms with Gasteiger partial charge in [0.1, 0.15) is 0 Å². The minimum absolute atomic E-state index is 0.0226. The Hall–Kier alpha value is -1.63. The number of aromatic nitrogens is 2. The summed E-state index contributed by atoms with van der Waals surface area (Å²) in [5, 5.41) is 6.68. The van der Waals surface area contributed by atoms with E-state index in [1.165, 1.54) is 38.8 Å². The smallest absolute Gasteiger partial charge is 0.317 e. The molecule has 1 atom stereocenters. The van der Waals surface area contributed by atoms with Crippen molar-refractivity contribution < 1.29 is 9.32 Å². The van der Waals surface area contributed by atoms with E-state index < -0.39 is 0 Å². The zero-order valence-corrected chi connectivity index (χ0v) is 15.5. The van der Waals surface area contributed by atoms with Crippen LogP contribution in [0.25, 0.3) is 0 Å². The van der Waals surface area contributed by atoms with E-state index in [1.807, 2.05) is 4.90 Å². The first-order valence-electron chi connectivity index (χ1n) is 9.68. The zero-order chi connectivity index (χ0) is 17.6. The number of carbonyl (C=O) groups excluding carboxylic acids is 1. The summed E-state index contributed by atoms with van der Waals surface area (Å²) >= 11 is 0. The third-order valence-corrected chi connectivity index (χ3v) is 5.63. The molecule has 140 valence electrons. The summed E-state index contributed by atoms with van der Waals surface area (Å²) in [6.07, 6.45) is 7.56. The average molecular weight is 349 g/mol. The number of hydrogen-bond acceptors (Lipinski definition) is 5. The second-order valence-corrected chi connectivity index (χ2v) is 7.49. The van der Waals surface area contributed by atoms with Gasteiger partial charge >= 0.3 is 6.03 Å². The molecule has 0 unspecified atom stereocenters. The number of urea groups is 1. The van der Waals surface area contributed by atoms with Crippen LogP contribution >= 0.6 is 0 Å². The van der Waals surface area contributed by atoms with Gasteiger partial charge in [-0.25, -0.2) is 4.79 Å². The Kier molecular flexibility index (Phi) is 6.29. The highest BCUT2D eigenvalue weighted by Crippen LogP contribution is 2.23. The van der Waals surface area contributed by atoms with Crippen LogP contribution in [0.4, 0.5) is 4.79 Å². The summed E-state index contributed by atoms with van der Waals surface area (Å²) in [4.78, 5) is 20.9. The third-order valence-electron chi connectivity index (χ3n) is 5.63. The van der Waals surface area contributed by atoms with Crippen LogP contribution in [0.2, 0.25) is 0 Å². The number of likely N-dealkylation sites (tertiary alicyclic amines) is 2. The molecule has 2 aliphatic rings. The first kappa shape index (κ1) is 18.2. The lowest BCUT2D eigenvalue weighted by molar-refractivity contribution is 0.132. The fourth-order valence-corrected chi connectivity index (χ4v) is 3.94. The summed E-state index contributed by atoms with van der Waals surface area (Å²) in [6.45, 7) is 8.59. The lowest BCUT2D eigenvalue weighted by Crippen LogP contribution is -2.45. The molecule has 1 N–H and O–H groups in total. The molecule has 3 heterocycles. The van der Waals surface area contributed by atoms with Gasteiger partial charge in [0.15, 0.2) is 5.82 Å². The molecule has 0 spiro atoms. The minimum Gasteiger partial charge on any atom is -0.340 e. The third kappa shape index (κ3) is 5.17. The van der Waals surface area contributed by atoms with Crippen molar-refractivity contribution in [1.82, 2.24) is 25.3 Å². The van der Waals surface area contributed by atoms with Crippen LogP contribution < -0.4 is 5.32 Å². The molecule has 3 rings (SSSR count). The molecule has 2 saturated heterocycles. The molecule has 0 saturated carbocycles. The Bertz CT molecular complexity index is 553. The van der Waals surface area contributed by atoms with Gasteiger partial charge in [-0.3, -0.25) is 0 Å². The fourth-order valence-electron chi connectivity index (χ4n) is 3.94. The summed E-state index contributed by atoms with van der Waals surface area (Å²) in [7, 11) is 0. The second-order valence-electron chi connectivity index (χ2n) is 7.49. The van der Waals surface area contributed by atoms with Gasteiger partial charge in [-0.1, -0.05) is 11.6 Å². The Morgan fingerprint density at radius 2 is 2.04 bits per heavy atom. The maximum absolute atomic E-state index is 12.3. The van der Waals surface area contributed by atoms with E-state index in [-0.39, 0.29) is 6.03 Å². The number of rotatable bonds is 5. The van der Waals surface area contributed by atoms with Crippen molar-refractivity contribution >= 4 is 6.03 Å². The van der Waals surface area contributed by atoms with E-state index in [0.29, 0.717) is 18.3 Å². The predicted molar refractivity (Wildman–Crippen MR) is 95.1 cm³/mol. The van der Waals surface area contributed by atoms with Gasteiger partial charge in [0.25, 0.3) is 0 Å². The molecule has 1 aromatic heterocycles. The van der Waals surface area contributed by atoms with Gasteiger partial charge in [-0.15, -0.1) is 0 Å². The molecule has 7 heteroatoms. The quantitative estimate of drug-likeness (QED) is 0.884. The molecular formula is C18H31N5O2. The van der Waals surface area contributed by atoms with E-state index in [1.54, 1.807) is 6.92 Å². The molecule has 2 aliphatic heterocycles. The van der Waals surface area contributed by atoms with Crippen LogP contribution in [0.5, 0.6) is 0 Å². The van der Waals surface area contributed by atoms with Gasteiger partial charge < -0.3 is 19.6 Å². The first-order chi connectivity index (χ1) is 12.1. The van der Waals surface area contributed by atoms with Crippen LogP contribution in [0.1, 0.15) is 57.2 Å². The number of piperidine rings is 2. The van der Waals surface area contributed by atoms with Crippen molar-refractivity contribution in [2.24, 2.45) is 5.92 Å². The van der Waals surface area contributed by atoms with Gasteiger partial charge in [0, 0.05) is 26.1 Å². The van der Waals surface area contributed by atoms with Crippen LogP contribution in [0, 0.1) is 12.8 Å². The molecule has 0 bridgehead atoms. The SMILES string of the molecule is Cc1nc(CNC(=O)N2CCC(CCN3CCCC[C@H]3C)CC2)no1. The highest BCUT2D eigenvalue weighted by atomic mass is 16.5. The van der Waals surface area contributed by atoms with E-state index >= 15 is 0 Å². The number of nitrogens with one attached hydrogen (secondary N) is 1. The Labute approximate surface area is 150 Å². The van der Waals surface area contributed by atoms with Crippen LogP contribution in [-0.4, -0.2) is 58.2 Å². The van der Waals surface area contributed by atoms with Crippen molar-refractivity contribution in [2.45, 2.75) is 65.0 Å². The number of hydrogen-bond donors (Lipinski definition) is 1. The Morgan fingerprint density at radius 1 is 1.24 bits per heavy atom. The number of carbonyl (C=O) groups is 1. The summed E-state index contributed by atoms with van der Waals surface area (Å²) in [5.41, 5.74) is 0. The number of amides is 2. The highest BCUT2D eigenvalue weighted by Gasteiger charge is 2.24. The molecular weight excluding hydrogens is 318 g/mol. The topological polar surface area (TPSA) is 74.5 Å². The molecule has 0 aromatic carbocycles. The van der Waals surface area contributed by atoms with Gasteiger partial charge in [-0.2, -0.15) is 4.98 Å². The van der Waals surface area contributed by atoms with E-state index in [0.717, 1.165) is 37.9 Å². The summed E-state index contributed by atoms with van der Waals surface area (Å²) in [5.74, 6) is 1.79. The van der Waals surface area contributed by atoms with Crippen LogP contribution in [0.15, 0.2) is 4.52 Å². The predicted octanol–water partition coefficient (Wildman–Crippen LogP) is 2.56. The molecule has 0 aliphatic carbocycles. The molecule has 25 heavy (non-hydrogen) atoms. The largest absolute Gasteiger partial charge is 0.340 e. The van der Waals surface area contributed by atoms with Crippen molar-refractivity contribution in [2.75, 3.05) is 26.2 Å². The van der Waals surface area contributed by atoms with Crippen LogP contribution in [-0.2, 0) is 6.54 Å². The lowest BCUT2D eigenvalue weighted by atomic mass is 9.92. The number of aryl methyl sites for hydroxylation is 1. The Morgan fingerprint density at radius 3 is 2.72 bits per heavy atom. The molecule has 7 nitrogen and oxygen atoms in total. The molecule has 2 fully saturated rings. The van der Waals surface area contributed by atoms with Crippen LogP contribution in [0.3, 0.4) is 0 Å². The van der Waals surface area contributed by atoms with Crippen molar-refractivity contribution in [3.8, 4) is 0 Å². The van der Waals surface area contributed by atoms with Crippen molar-refractivity contribution in [3.63, 3.8) is 0 Å². The lowest BCUT2D eigenvalue weighted by Gasteiger charge is -2.36. The first-order valence-corrected chi connectivity index (χ1v) is 9.68. The molecule has 1 aromatic rings. The monoisotopic (exact) mass is 349 g/mol. The normalized spacial score (nSPS) is 23.0. The second kappa shape index (κ2) is 8.65. The van der Waals surface area contributed by atoms with Crippen molar-refractivity contribution in [3.05, 3.63) is 11.7 Å². The van der Waals surface area contributed by atoms with Crippen molar-refractivity contribution in [1.29, 1.82) is 0 Å². The minimum atomic E-state index is -0.0226. The Balaban J connectivity index is 1.34.